The number of carboxylic acids is 1. The standard InChI is InChI=1S/C14H13N5O5/c20-12(15-8-14(4-5-14)13(21)22)11-7-18(17-16-11)9-2-1-3-10(6-9)19(23)24/h1-3,6-7H,4-5,8H2,(H,15,20)(H,21,22). The number of carbonyl (C=O) groups is 2. The lowest BCUT2D eigenvalue weighted by Gasteiger charge is -2.09. The number of aliphatic carboxylic acids is 1. The number of nitro groups is 1. The third-order valence-corrected chi connectivity index (χ3v) is 3.93. The van der Waals surface area contributed by atoms with Crippen molar-refractivity contribution < 1.29 is 19.6 Å². The molecule has 0 aliphatic heterocycles. The van der Waals surface area contributed by atoms with E-state index in [2.05, 4.69) is 15.6 Å². The Morgan fingerprint density at radius 3 is 2.79 bits per heavy atom. The molecule has 2 N–H and O–H groups in total. The van der Waals surface area contributed by atoms with Crippen LogP contribution in [-0.4, -0.2) is 43.4 Å². The number of amides is 1. The highest BCUT2D eigenvalue weighted by molar-refractivity contribution is 5.92. The van der Waals surface area contributed by atoms with Gasteiger partial charge in [-0.25, -0.2) is 4.68 Å². The monoisotopic (exact) mass is 331 g/mol. The normalized spacial score (nSPS) is 14.8. The minimum absolute atomic E-state index is 0.00250. The second kappa shape index (κ2) is 5.72. The van der Waals surface area contributed by atoms with E-state index < -0.39 is 22.2 Å². The summed E-state index contributed by atoms with van der Waals surface area (Å²) in [5.74, 6) is -1.47. The van der Waals surface area contributed by atoms with E-state index >= 15 is 0 Å². The molecule has 0 radical (unpaired) electrons. The van der Waals surface area contributed by atoms with Gasteiger partial charge in [0.05, 0.1) is 22.2 Å². The van der Waals surface area contributed by atoms with Crippen molar-refractivity contribution in [2.45, 2.75) is 12.8 Å². The van der Waals surface area contributed by atoms with E-state index in [0.29, 0.717) is 18.5 Å². The number of rotatable bonds is 6. The van der Waals surface area contributed by atoms with E-state index in [1.54, 1.807) is 6.07 Å². The molecule has 0 saturated heterocycles. The van der Waals surface area contributed by atoms with E-state index in [9.17, 15) is 19.7 Å². The van der Waals surface area contributed by atoms with Gasteiger partial charge in [0.2, 0.25) is 0 Å². The summed E-state index contributed by atoms with van der Waals surface area (Å²) >= 11 is 0. The minimum atomic E-state index is -0.928. The highest BCUT2D eigenvalue weighted by atomic mass is 16.6. The fraction of sp³-hybridized carbons (Fsp3) is 0.286. The molecule has 2 aromatic rings. The molecule has 124 valence electrons. The Balaban J connectivity index is 1.71. The number of hydrogen-bond donors (Lipinski definition) is 2. The van der Waals surface area contributed by atoms with E-state index in [4.69, 9.17) is 5.11 Å². The number of nitrogens with zero attached hydrogens (tertiary/aromatic N) is 4. The van der Waals surface area contributed by atoms with E-state index in [-0.39, 0.29) is 17.9 Å². The van der Waals surface area contributed by atoms with E-state index in [1.165, 1.54) is 29.1 Å². The lowest BCUT2D eigenvalue weighted by atomic mass is 10.1. The molecule has 1 heterocycles. The van der Waals surface area contributed by atoms with Crippen LogP contribution in [0.2, 0.25) is 0 Å². The van der Waals surface area contributed by atoms with Gasteiger partial charge < -0.3 is 10.4 Å². The van der Waals surface area contributed by atoms with Crippen LogP contribution in [0.5, 0.6) is 0 Å². The average Bonchev–Trinajstić information content (AvgIpc) is 3.21. The van der Waals surface area contributed by atoms with Crippen molar-refractivity contribution >= 4 is 17.6 Å². The molecule has 1 fully saturated rings. The van der Waals surface area contributed by atoms with Gasteiger partial charge in [0, 0.05) is 18.7 Å². The Labute approximate surface area is 135 Å². The molecule has 0 atom stereocenters. The number of nitrogens with one attached hydrogen (secondary N) is 1. The van der Waals surface area contributed by atoms with Crippen LogP contribution in [0, 0.1) is 15.5 Å². The molecule has 1 amide bonds. The molecule has 1 aliphatic carbocycles. The predicted molar refractivity (Wildman–Crippen MR) is 79.6 cm³/mol. The smallest absolute Gasteiger partial charge is 0.311 e. The summed E-state index contributed by atoms with van der Waals surface area (Å²) in [6.07, 6.45) is 2.39. The number of non-ortho nitro benzene ring substituents is 1. The Hall–Kier alpha value is -3.30. The van der Waals surface area contributed by atoms with Crippen LogP contribution in [0.3, 0.4) is 0 Å². The second-order valence-electron chi connectivity index (χ2n) is 5.59. The maximum absolute atomic E-state index is 12.0. The minimum Gasteiger partial charge on any atom is -0.481 e. The average molecular weight is 331 g/mol. The number of benzene rings is 1. The highest BCUT2D eigenvalue weighted by Gasteiger charge is 2.50. The lowest BCUT2D eigenvalue weighted by Crippen LogP contribution is -2.34. The largest absolute Gasteiger partial charge is 0.481 e. The maximum atomic E-state index is 12.0. The number of aromatic nitrogens is 3. The topological polar surface area (TPSA) is 140 Å². The van der Waals surface area contributed by atoms with Crippen LogP contribution < -0.4 is 5.32 Å². The highest BCUT2D eigenvalue weighted by Crippen LogP contribution is 2.45. The third-order valence-electron chi connectivity index (χ3n) is 3.93. The third kappa shape index (κ3) is 2.93. The van der Waals surface area contributed by atoms with Crippen molar-refractivity contribution in [2.75, 3.05) is 6.54 Å². The summed E-state index contributed by atoms with van der Waals surface area (Å²) in [6.45, 7) is 0.0326. The van der Waals surface area contributed by atoms with Crippen LogP contribution in [0.4, 0.5) is 5.69 Å². The van der Waals surface area contributed by atoms with Gasteiger partial charge in [-0.1, -0.05) is 11.3 Å². The Kier molecular flexibility index (Phi) is 3.72. The van der Waals surface area contributed by atoms with Gasteiger partial charge in [-0.3, -0.25) is 19.7 Å². The molecule has 0 unspecified atom stereocenters. The SMILES string of the molecule is O=C(NCC1(C(=O)O)CC1)c1cn(-c2cccc([N+](=O)[O-])c2)nn1. The lowest BCUT2D eigenvalue weighted by molar-refractivity contribution is -0.384. The van der Waals surface area contributed by atoms with Gasteiger partial charge in [0.1, 0.15) is 0 Å². The summed E-state index contributed by atoms with van der Waals surface area (Å²) in [4.78, 5) is 33.4. The molecule has 1 aromatic carbocycles. The predicted octanol–water partition coefficient (Wildman–Crippen LogP) is 0.770. The van der Waals surface area contributed by atoms with Crippen molar-refractivity contribution in [1.82, 2.24) is 20.3 Å². The molecule has 10 heteroatoms. The van der Waals surface area contributed by atoms with E-state index in [1.807, 2.05) is 0 Å². The second-order valence-corrected chi connectivity index (χ2v) is 5.59. The van der Waals surface area contributed by atoms with Crippen LogP contribution in [0.1, 0.15) is 23.3 Å². The van der Waals surface area contributed by atoms with Crippen molar-refractivity contribution in [2.24, 2.45) is 5.41 Å². The fourth-order valence-corrected chi connectivity index (χ4v) is 2.20. The zero-order chi connectivity index (χ0) is 17.3. The summed E-state index contributed by atoms with van der Waals surface area (Å²) < 4.78 is 1.24. The first kappa shape index (κ1) is 15.6. The summed E-state index contributed by atoms with van der Waals surface area (Å²) in [6, 6.07) is 5.74. The molecule has 1 aliphatic rings. The van der Waals surface area contributed by atoms with Gasteiger partial charge in [0.25, 0.3) is 11.6 Å². The van der Waals surface area contributed by atoms with Gasteiger partial charge in [-0.15, -0.1) is 5.10 Å². The van der Waals surface area contributed by atoms with Gasteiger partial charge in [-0.05, 0) is 18.9 Å². The summed E-state index contributed by atoms with van der Waals surface area (Å²) in [5.41, 5.74) is -0.583. The van der Waals surface area contributed by atoms with Gasteiger partial charge >= 0.3 is 5.97 Å². The van der Waals surface area contributed by atoms with Crippen molar-refractivity contribution in [3.05, 3.63) is 46.3 Å². The molecular formula is C14H13N5O5. The molecule has 1 saturated carbocycles. The first-order valence-corrected chi connectivity index (χ1v) is 7.10. The van der Waals surface area contributed by atoms with Crippen LogP contribution in [0.15, 0.2) is 30.5 Å². The van der Waals surface area contributed by atoms with Crippen molar-refractivity contribution in [1.29, 1.82) is 0 Å². The first-order valence-electron chi connectivity index (χ1n) is 7.10. The molecule has 0 spiro atoms. The first-order chi connectivity index (χ1) is 11.4. The molecule has 3 rings (SSSR count). The van der Waals surface area contributed by atoms with E-state index in [0.717, 1.165) is 0 Å². The number of hydrogen-bond acceptors (Lipinski definition) is 6. The summed E-state index contributed by atoms with van der Waals surface area (Å²) in [5, 5.41) is 29.9. The summed E-state index contributed by atoms with van der Waals surface area (Å²) in [7, 11) is 0. The molecule has 10 nitrogen and oxygen atoms in total. The zero-order valence-corrected chi connectivity index (χ0v) is 12.4. The van der Waals surface area contributed by atoms with Gasteiger partial charge in [0.15, 0.2) is 5.69 Å². The Morgan fingerprint density at radius 2 is 2.17 bits per heavy atom. The maximum Gasteiger partial charge on any atom is 0.311 e. The van der Waals surface area contributed by atoms with Crippen LogP contribution in [-0.2, 0) is 4.79 Å². The molecule has 1 aromatic heterocycles. The van der Waals surface area contributed by atoms with Crippen molar-refractivity contribution in [3.8, 4) is 5.69 Å². The fourth-order valence-electron chi connectivity index (χ4n) is 2.20. The molecule has 24 heavy (non-hydrogen) atoms. The number of carboxylic acid groups (broad SMARTS) is 1. The Morgan fingerprint density at radius 1 is 1.42 bits per heavy atom. The Bertz CT molecular complexity index is 826. The zero-order valence-electron chi connectivity index (χ0n) is 12.4. The number of carbonyl (C=O) groups excluding carboxylic acids is 1. The van der Waals surface area contributed by atoms with Crippen LogP contribution in [0.25, 0.3) is 5.69 Å². The van der Waals surface area contributed by atoms with Gasteiger partial charge in [-0.2, -0.15) is 0 Å². The molecule has 0 bridgehead atoms. The number of nitro benzene ring substituents is 1. The molecular weight excluding hydrogens is 318 g/mol. The quantitative estimate of drug-likeness (QED) is 0.588. The van der Waals surface area contributed by atoms with Crippen LogP contribution >= 0.6 is 0 Å². The van der Waals surface area contributed by atoms with Crippen molar-refractivity contribution in [3.63, 3.8) is 0 Å².